The second-order valence-electron chi connectivity index (χ2n) is 4.55. The lowest BCUT2D eigenvalue weighted by Crippen LogP contribution is -2.06. The van der Waals surface area contributed by atoms with Gasteiger partial charge in [-0.25, -0.2) is 0 Å². The van der Waals surface area contributed by atoms with Crippen LogP contribution in [0.2, 0.25) is 0 Å². The molecular formula is C17H15NO3. The molecule has 0 spiro atoms. The van der Waals surface area contributed by atoms with Crippen molar-refractivity contribution in [3.63, 3.8) is 0 Å². The number of aryl methyl sites for hydroxylation is 1. The summed E-state index contributed by atoms with van der Waals surface area (Å²) >= 11 is 0. The molecule has 0 saturated carbocycles. The van der Waals surface area contributed by atoms with Gasteiger partial charge in [-0.15, -0.1) is 0 Å². The number of hydrogen-bond donors (Lipinski definition) is 0. The molecule has 0 fully saturated rings. The Morgan fingerprint density at radius 1 is 1.05 bits per heavy atom. The zero-order chi connectivity index (χ0) is 15.1. The van der Waals surface area contributed by atoms with Gasteiger partial charge in [-0.2, -0.15) is 5.26 Å². The van der Waals surface area contributed by atoms with Crippen molar-refractivity contribution in [2.75, 3.05) is 0 Å². The summed E-state index contributed by atoms with van der Waals surface area (Å²) < 4.78 is 10.6. The van der Waals surface area contributed by atoms with E-state index in [9.17, 15) is 4.79 Å². The van der Waals surface area contributed by atoms with Gasteiger partial charge in [0.25, 0.3) is 0 Å². The molecular weight excluding hydrogens is 266 g/mol. The van der Waals surface area contributed by atoms with Gasteiger partial charge in [0.05, 0.1) is 6.07 Å². The van der Waals surface area contributed by atoms with E-state index in [4.69, 9.17) is 14.7 Å². The van der Waals surface area contributed by atoms with E-state index in [2.05, 4.69) is 0 Å². The largest absolute Gasteiger partial charge is 0.489 e. The molecule has 0 aliphatic carbocycles. The molecule has 0 atom stereocenters. The molecule has 0 unspecified atom stereocenters. The molecule has 0 saturated heterocycles. The van der Waals surface area contributed by atoms with E-state index in [-0.39, 0.29) is 6.42 Å². The van der Waals surface area contributed by atoms with Crippen molar-refractivity contribution in [2.24, 2.45) is 0 Å². The molecule has 0 N–H and O–H groups in total. The van der Waals surface area contributed by atoms with Crippen LogP contribution in [0.5, 0.6) is 11.5 Å². The highest BCUT2D eigenvalue weighted by Crippen LogP contribution is 2.19. The van der Waals surface area contributed by atoms with Crippen molar-refractivity contribution in [1.82, 2.24) is 0 Å². The zero-order valence-corrected chi connectivity index (χ0v) is 11.7. The molecule has 0 heterocycles. The second kappa shape index (κ2) is 7.11. The number of hydrogen-bond acceptors (Lipinski definition) is 4. The van der Waals surface area contributed by atoms with Gasteiger partial charge in [-0.3, -0.25) is 4.79 Å². The van der Waals surface area contributed by atoms with Crippen LogP contribution in [-0.4, -0.2) is 5.97 Å². The summed E-state index contributed by atoms with van der Waals surface area (Å²) in [7, 11) is 0. The first-order valence-corrected chi connectivity index (χ1v) is 6.53. The minimum atomic E-state index is -0.564. The number of nitrogens with zero attached hydrogens (tertiary/aromatic N) is 1. The fraction of sp³-hybridized carbons (Fsp3) is 0.176. The van der Waals surface area contributed by atoms with Crippen LogP contribution in [0.25, 0.3) is 0 Å². The average molecular weight is 281 g/mol. The van der Waals surface area contributed by atoms with Crippen LogP contribution < -0.4 is 9.47 Å². The van der Waals surface area contributed by atoms with Crippen LogP contribution in [0, 0.1) is 18.3 Å². The molecule has 4 nitrogen and oxygen atoms in total. The van der Waals surface area contributed by atoms with Crippen LogP contribution in [0.3, 0.4) is 0 Å². The van der Waals surface area contributed by atoms with Gasteiger partial charge >= 0.3 is 5.97 Å². The van der Waals surface area contributed by atoms with E-state index in [0.29, 0.717) is 18.1 Å². The number of rotatable bonds is 5. The van der Waals surface area contributed by atoms with Gasteiger partial charge in [-0.05, 0) is 36.8 Å². The predicted octanol–water partition coefficient (Wildman–Crippen LogP) is 3.39. The molecule has 106 valence electrons. The maximum Gasteiger partial charge on any atom is 0.325 e. The van der Waals surface area contributed by atoms with Crippen molar-refractivity contribution in [3.8, 4) is 17.6 Å². The fourth-order valence-electron chi connectivity index (χ4n) is 1.69. The van der Waals surface area contributed by atoms with Crippen molar-refractivity contribution >= 4 is 5.97 Å². The topological polar surface area (TPSA) is 59.3 Å². The van der Waals surface area contributed by atoms with E-state index < -0.39 is 5.97 Å². The van der Waals surface area contributed by atoms with Gasteiger partial charge < -0.3 is 9.47 Å². The third-order valence-corrected chi connectivity index (χ3v) is 2.80. The third-order valence-electron chi connectivity index (χ3n) is 2.80. The summed E-state index contributed by atoms with van der Waals surface area (Å²) in [6.07, 6.45) is -0.258. The summed E-state index contributed by atoms with van der Waals surface area (Å²) in [5.41, 5.74) is 2.30. The Labute approximate surface area is 123 Å². The first kappa shape index (κ1) is 14.6. The van der Waals surface area contributed by atoms with Crippen LogP contribution in [-0.2, 0) is 11.4 Å². The first-order chi connectivity index (χ1) is 10.2. The van der Waals surface area contributed by atoms with Gasteiger partial charge in [0.2, 0.25) is 0 Å². The highest BCUT2D eigenvalue weighted by atomic mass is 16.5. The SMILES string of the molecule is Cc1ccc(COc2ccc(OC(=O)CC#N)cc2)cc1. The van der Waals surface area contributed by atoms with E-state index in [0.717, 1.165) is 5.56 Å². The third kappa shape index (κ3) is 4.66. The average Bonchev–Trinajstić information content (AvgIpc) is 2.48. The van der Waals surface area contributed by atoms with Crippen molar-refractivity contribution in [3.05, 3.63) is 59.7 Å². The van der Waals surface area contributed by atoms with Crippen molar-refractivity contribution in [1.29, 1.82) is 5.26 Å². The predicted molar refractivity (Wildman–Crippen MR) is 77.8 cm³/mol. The normalized spacial score (nSPS) is 9.71. The number of ether oxygens (including phenoxy) is 2. The monoisotopic (exact) mass is 281 g/mol. The fourth-order valence-corrected chi connectivity index (χ4v) is 1.69. The maximum absolute atomic E-state index is 11.2. The summed E-state index contributed by atoms with van der Waals surface area (Å²) in [5, 5.41) is 8.38. The molecule has 4 heteroatoms. The molecule has 0 aliphatic heterocycles. The quantitative estimate of drug-likeness (QED) is 0.622. The summed E-state index contributed by atoms with van der Waals surface area (Å²) in [5.74, 6) is 0.527. The smallest absolute Gasteiger partial charge is 0.325 e. The standard InChI is InChI=1S/C17H15NO3/c1-13-2-4-14(5-3-13)12-20-15-6-8-16(9-7-15)21-17(19)10-11-18/h2-9H,10,12H2,1H3. The van der Waals surface area contributed by atoms with E-state index in [1.165, 1.54) is 5.56 Å². The lowest BCUT2D eigenvalue weighted by molar-refractivity contribution is -0.133. The van der Waals surface area contributed by atoms with Crippen molar-refractivity contribution in [2.45, 2.75) is 20.0 Å². The number of carbonyl (C=O) groups excluding carboxylic acids is 1. The van der Waals surface area contributed by atoms with Crippen LogP contribution in [0.4, 0.5) is 0 Å². The molecule has 0 aliphatic rings. The summed E-state index contributed by atoms with van der Waals surface area (Å²) in [6.45, 7) is 2.52. The Morgan fingerprint density at radius 2 is 1.67 bits per heavy atom. The van der Waals surface area contributed by atoms with Gasteiger partial charge in [-0.1, -0.05) is 29.8 Å². The van der Waals surface area contributed by atoms with E-state index in [1.54, 1.807) is 30.3 Å². The minimum absolute atomic E-state index is 0.258. The Balaban J connectivity index is 1.89. The van der Waals surface area contributed by atoms with Crippen LogP contribution >= 0.6 is 0 Å². The molecule has 0 radical (unpaired) electrons. The number of carbonyl (C=O) groups is 1. The molecule has 0 bridgehead atoms. The second-order valence-corrected chi connectivity index (χ2v) is 4.55. The highest BCUT2D eigenvalue weighted by molar-refractivity contribution is 5.74. The van der Waals surface area contributed by atoms with E-state index >= 15 is 0 Å². The van der Waals surface area contributed by atoms with Gasteiger partial charge in [0.1, 0.15) is 24.5 Å². The Morgan fingerprint density at radius 3 is 2.29 bits per heavy atom. The number of nitriles is 1. The molecule has 0 amide bonds. The van der Waals surface area contributed by atoms with Crippen LogP contribution in [0.1, 0.15) is 17.5 Å². The molecule has 0 aromatic heterocycles. The molecule has 2 aromatic rings. The lowest BCUT2D eigenvalue weighted by atomic mass is 10.2. The highest BCUT2D eigenvalue weighted by Gasteiger charge is 2.04. The summed E-state index contributed by atoms with van der Waals surface area (Å²) in [6, 6.07) is 16.6. The van der Waals surface area contributed by atoms with Crippen LogP contribution in [0.15, 0.2) is 48.5 Å². The minimum Gasteiger partial charge on any atom is -0.489 e. The molecule has 2 rings (SSSR count). The molecule has 2 aromatic carbocycles. The Hall–Kier alpha value is -2.80. The number of esters is 1. The lowest BCUT2D eigenvalue weighted by Gasteiger charge is -2.07. The molecule has 21 heavy (non-hydrogen) atoms. The van der Waals surface area contributed by atoms with Gasteiger partial charge in [0, 0.05) is 0 Å². The van der Waals surface area contributed by atoms with E-state index in [1.807, 2.05) is 31.2 Å². The Bertz CT molecular complexity index is 639. The zero-order valence-electron chi connectivity index (χ0n) is 11.7. The maximum atomic E-state index is 11.2. The first-order valence-electron chi connectivity index (χ1n) is 6.53. The summed E-state index contributed by atoms with van der Waals surface area (Å²) in [4.78, 5) is 11.2. The van der Waals surface area contributed by atoms with Gasteiger partial charge in [0.15, 0.2) is 0 Å². The Kier molecular flexibility index (Phi) is 4.94. The van der Waals surface area contributed by atoms with Crippen molar-refractivity contribution < 1.29 is 14.3 Å². The number of benzene rings is 2.